The highest BCUT2D eigenvalue weighted by Crippen LogP contribution is 2.18. The SMILES string of the molecule is Cc1cc(C)c(C(=O)CC(N)C(=O)O)c(C)c1. The van der Waals surface area contributed by atoms with Crippen molar-refractivity contribution in [1.29, 1.82) is 0 Å². The predicted octanol–water partition coefficient (Wildman–Crippen LogP) is 1.60. The first-order valence-corrected chi connectivity index (χ1v) is 5.42. The second-order valence-electron chi connectivity index (χ2n) is 4.35. The highest BCUT2D eigenvalue weighted by atomic mass is 16.4. The summed E-state index contributed by atoms with van der Waals surface area (Å²) in [5, 5.41) is 8.68. The standard InChI is InChI=1S/C13H17NO3/c1-7-4-8(2)12(9(3)5-7)11(15)6-10(14)13(16)17/h4-5,10H,6,14H2,1-3H3,(H,16,17). The molecule has 1 aromatic rings. The van der Waals surface area contributed by atoms with Crippen LogP contribution in [0.3, 0.4) is 0 Å². The van der Waals surface area contributed by atoms with Gasteiger partial charge in [-0.25, -0.2) is 0 Å². The van der Waals surface area contributed by atoms with Crippen LogP contribution in [0.4, 0.5) is 0 Å². The van der Waals surface area contributed by atoms with Crippen LogP contribution < -0.4 is 5.73 Å². The van der Waals surface area contributed by atoms with E-state index in [-0.39, 0.29) is 12.2 Å². The van der Waals surface area contributed by atoms with Gasteiger partial charge >= 0.3 is 5.97 Å². The Balaban J connectivity index is 3.01. The largest absolute Gasteiger partial charge is 0.480 e. The van der Waals surface area contributed by atoms with Crippen molar-refractivity contribution in [2.75, 3.05) is 0 Å². The lowest BCUT2D eigenvalue weighted by atomic mass is 9.94. The third kappa shape index (κ3) is 3.14. The van der Waals surface area contributed by atoms with E-state index in [0.29, 0.717) is 5.56 Å². The van der Waals surface area contributed by atoms with E-state index in [1.807, 2.05) is 32.9 Å². The average Bonchev–Trinajstić information content (AvgIpc) is 2.15. The molecule has 0 aliphatic carbocycles. The summed E-state index contributed by atoms with van der Waals surface area (Å²) in [6.45, 7) is 5.65. The van der Waals surface area contributed by atoms with E-state index in [2.05, 4.69) is 0 Å². The van der Waals surface area contributed by atoms with Gasteiger partial charge in [0.25, 0.3) is 0 Å². The monoisotopic (exact) mass is 235 g/mol. The summed E-state index contributed by atoms with van der Waals surface area (Å²) in [6, 6.07) is 2.68. The van der Waals surface area contributed by atoms with Gasteiger partial charge in [-0.3, -0.25) is 9.59 Å². The number of carboxylic acid groups (broad SMARTS) is 1. The Labute approximate surface area is 100 Å². The normalized spacial score (nSPS) is 12.2. The van der Waals surface area contributed by atoms with Crippen LogP contribution in [-0.2, 0) is 4.79 Å². The molecule has 0 radical (unpaired) electrons. The number of benzene rings is 1. The van der Waals surface area contributed by atoms with Gasteiger partial charge in [-0.15, -0.1) is 0 Å². The number of nitrogens with two attached hydrogens (primary N) is 1. The van der Waals surface area contributed by atoms with E-state index in [9.17, 15) is 9.59 Å². The van der Waals surface area contributed by atoms with E-state index in [1.165, 1.54) is 0 Å². The molecule has 4 nitrogen and oxygen atoms in total. The molecule has 0 amide bonds. The summed E-state index contributed by atoms with van der Waals surface area (Å²) in [6.07, 6.45) is -0.167. The molecule has 0 aromatic heterocycles. The second-order valence-corrected chi connectivity index (χ2v) is 4.35. The molecule has 0 saturated carbocycles. The molecular formula is C13H17NO3. The van der Waals surface area contributed by atoms with Crippen LogP contribution in [0, 0.1) is 20.8 Å². The zero-order valence-corrected chi connectivity index (χ0v) is 10.3. The molecule has 0 bridgehead atoms. The van der Waals surface area contributed by atoms with Crippen molar-refractivity contribution in [1.82, 2.24) is 0 Å². The molecule has 3 N–H and O–H groups in total. The highest BCUT2D eigenvalue weighted by molar-refractivity contribution is 6.01. The Kier molecular flexibility index (Phi) is 4.02. The molecule has 92 valence electrons. The Morgan fingerprint density at radius 3 is 2.12 bits per heavy atom. The first kappa shape index (κ1) is 13.4. The number of rotatable bonds is 4. The first-order chi connectivity index (χ1) is 7.82. The zero-order valence-electron chi connectivity index (χ0n) is 10.3. The lowest BCUT2D eigenvalue weighted by Gasteiger charge is -2.11. The summed E-state index contributed by atoms with van der Waals surface area (Å²) in [5.74, 6) is -1.37. The van der Waals surface area contributed by atoms with Crippen molar-refractivity contribution in [3.05, 3.63) is 34.4 Å². The maximum absolute atomic E-state index is 12.0. The van der Waals surface area contributed by atoms with Gasteiger partial charge in [0, 0.05) is 12.0 Å². The fraction of sp³-hybridized carbons (Fsp3) is 0.385. The highest BCUT2D eigenvalue weighted by Gasteiger charge is 2.20. The third-order valence-electron chi connectivity index (χ3n) is 2.68. The Hall–Kier alpha value is -1.68. The molecular weight excluding hydrogens is 218 g/mol. The maximum Gasteiger partial charge on any atom is 0.320 e. The van der Waals surface area contributed by atoms with E-state index in [4.69, 9.17) is 10.8 Å². The molecule has 0 spiro atoms. The fourth-order valence-corrected chi connectivity index (χ4v) is 2.01. The molecule has 1 atom stereocenters. The lowest BCUT2D eigenvalue weighted by molar-refractivity contribution is -0.138. The van der Waals surface area contributed by atoms with Gasteiger partial charge in [0.2, 0.25) is 0 Å². The summed E-state index contributed by atoms with van der Waals surface area (Å²) in [5.41, 5.74) is 8.77. The number of hydrogen-bond donors (Lipinski definition) is 2. The predicted molar refractivity (Wildman–Crippen MR) is 65.2 cm³/mol. The number of carbonyl (C=O) groups is 2. The van der Waals surface area contributed by atoms with Crippen molar-refractivity contribution in [2.24, 2.45) is 5.73 Å². The number of carboxylic acids is 1. The molecule has 0 aliphatic rings. The number of aryl methyl sites for hydroxylation is 3. The number of ketones is 1. The number of hydrogen-bond acceptors (Lipinski definition) is 3. The van der Waals surface area contributed by atoms with E-state index in [0.717, 1.165) is 16.7 Å². The van der Waals surface area contributed by atoms with E-state index < -0.39 is 12.0 Å². The van der Waals surface area contributed by atoms with Crippen LogP contribution in [0.5, 0.6) is 0 Å². The van der Waals surface area contributed by atoms with E-state index in [1.54, 1.807) is 0 Å². The average molecular weight is 235 g/mol. The molecule has 4 heteroatoms. The van der Waals surface area contributed by atoms with Crippen molar-refractivity contribution in [2.45, 2.75) is 33.2 Å². The fourth-order valence-electron chi connectivity index (χ4n) is 2.01. The summed E-state index contributed by atoms with van der Waals surface area (Å²) in [4.78, 5) is 22.6. The summed E-state index contributed by atoms with van der Waals surface area (Å²) >= 11 is 0. The number of aliphatic carboxylic acids is 1. The minimum Gasteiger partial charge on any atom is -0.480 e. The summed E-state index contributed by atoms with van der Waals surface area (Å²) < 4.78 is 0. The molecule has 17 heavy (non-hydrogen) atoms. The van der Waals surface area contributed by atoms with Crippen molar-refractivity contribution in [3.63, 3.8) is 0 Å². The van der Waals surface area contributed by atoms with Gasteiger partial charge in [-0.1, -0.05) is 17.7 Å². The van der Waals surface area contributed by atoms with Gasteiger partial charge in [-0.05, 0) is 31.9 Å². The molecule has 0 fully saturated rings. The minimum atomic E-state index is -1.15. The molecule has 1 rings (SSSR count). The molecule has 0 heterocycles. The molecule has 1 aromatic carbocycles. The van der Waals surface area contributed by atoms with Crippen LogP contribution in [0.15, 0.2) is 12.1 Å². The lowest BCUT2D eigenvalue weighted by Crippen LogP contribution is -2.32. The molecule has 1 unspecified atom stereocenters. The van der Waals surface area contributed by atoms with Gasteiger partial charge in [-0.2, -0.15) is 0 Å². The smallest absolute Gasteiger partial charge is 0.320 e. The Morgan fingerprint density at radius 2 is 1.71 bits per heavy atom. The van der Waals surface area contributed by atoms with Crippen molar-refractivity contribution in [3.8, 4) is 0 Å². The van der Waals surface area contributed by atoms with Gasteiger partial charge < -0.3 is 10.8 Å². The molecule has 0 aliphatic heterocycles. The number of carbonyl (C=O) groups excluding carboxylic acids is 1. The molecule has 0 saturated heterocycles. The third-order valence-corrected chi connectivity index (χ3v) is 2.68. The minimum absolute atomic E-state index is 0.167. The van der Waals surface area contributed by atoms with Crippen LogP contribution in [-0.4, -0.2) is 22.9 Å². The maximum atomic E-state index is 12.0. The Bertz CT molecular complexity index is 443. The van der Waals surface area contributed by atoms with Crippen LogP contribution >= 0.6 is 0 Å². The van der Waals surface area contributed by atoms with Crippen LogP contribution in [0.25, 0.3) is 0 Å². The van der Waals surface area contributed by atoms with Gasteiger partial charge in [0.15, 0.2) is 5.78 Å². The second kappa shape index (κ2) is 5.10. The van der Waals surface area contributed by atoms with Crippen molar-refractivity contribution < 1.29 is 14.7 Å². The topological polar surface area (TPSA) is 80.4 Å². The Morgan fingerprint density at radius 1 is 1.24 bits per heavy atom. The first-order valence-electron chi connectivity index (χ1n) is 5.42. The quantitative estimate of drug-likeness (QED) is 0.777. The van der Waals surface area contributed by atoms with Crippen molar-refractivity contribution >= 4 is 11.8 Å². The van der Waals surface area contributed by atoms with E-state index >= 15 is 0 Å². The number of Topliss-reactive ketones (excluding diaryl/α,β-unsaturated/α-hetero) is 1. The van der Waals surface area contributed by atoms with Crippen LogP contribution in [0.1, 0.15) is 33.5 Å². The summed E-state index contributed by atoms with van der Waals surface area (Å²) in [7, 11) is 0. The van der Waals surface area contributed by atoms with Gasteiger partial charge in [0.05, 0.1) is 0 Å². The zero-order chi connectivity index (χ0) is 13.2. The van der Waals surface area contributed by atoms with Crippen LogP contribution in [0.2, 0.25) is 0 Å². The van der Waals surface area contributed by atoms with Gasteiger partial charge in [0.1, 0.15) is 6.04 Å².